The van der Waals surface area contributed by atoms with E-state index in [9.17, 15) is 9.59 Å². The maximum absolute atomic E-state index is 13.0. The number of nitrogens with zero attached hydrogens (tertiary/aromatic N) is 3. The van der Waals surface area contributed by atoms with Gasteiger partial charge in [0.2, 0.25) is 0 Å². The number of carbonyl (C=O) groups is 1. The molecule has 1 fully saturated rings. The molecule has 1 aliphatic heterocycles. The molecule has 4 aromatic rings. The maximum atomic E-state index is 13.0. The van der Waals surface area contributed by atoms with Crippen molar-refractivity contribution in [3.8, 4) is 16.9 Å². The van der Waals surface area contributed by atoms with Crippen molar-refractivity contribution in [1.29, 1.82) is 0 Å². The number of ether oxygens (including phenoxy) is 1. The summed E-state index contributed by atoms with van der Waals surface area (Å²) in [5, 5.41) is 13.7. The Labute approximate surface area is 237 Å². The van der Waals surface area contributed by atoms with Crippen molar-refractivity contribution >= 4 is 34.7 Å². The van der Waals surface area contributed by atoms with Crippen molar-refractivity contribution in [2.75, 3.05) is 48.8 Å². The Morgan fingerprint density at radius 1 is 0.950 bits per heavy atom. The van der Waals surface area contributed by atoms with Gasteiger partial charge in [-0.05, 0) is 54.4 Å². The molecule has 9 nitrogen and oxygen atoms in total. The highest BCUT2D eigenvalue weighted by Gasteiger charge is 2.17. The molecule has 1 aliphatic rings. The fraction of sp³-hybridized carbons (Fsp3) is 0.233. The maximum Gasteiger partial charge on any atom is 0.323 e. The van der Waals surface area contributed by atoms with E-state index >= 15 is 0 Å². The molecule has 206 valence electrons. The van der Waals surface area contributed by atoms with Crippen LogP contribution in [0.4, 0.5) is 21.9 Å². The Bertz CT molecular complexity index is 1520. The van der Waals surface area contributed by atoms with Crippen molar-refractivity contribution in [2.24, 2.45) is 0 Å². The van der Waals surface area contributed by atoms with E-state index in [1.807, 2.05) is 54.6 Å². The number of anilines is 3. The first-order valence-electron chi connectivity index (χ1n) is 13.1. The monoisotopic (exact) mass is 558 g/mol. The van der Waals surface area contributed by atoms with Crippen LogP contribution in [0.3, 0.4) is 0 Å². The predicted octanol–water partition coefficient (Wildman–Crippen LogP) is 5.06. The van der Waals surface area contributed by atoms with Crippen LogP contribution >= 0.6 is 11.6 Å². The number of urea groups is 1. The van der Waals surface area contributed by atoms with E-state index < -0.39 is 6.03 Å². The third-order valence-corrected chi connectivity index (χ3v) is 6.99. The molecule has 3 N–H and O–H groups in total. The van der Waals surface area contributed by atoms with Crippen LogP contribution in [0.2, 0.25) is 5.15 Å². The number of aromatic nitrogens is 2. The minimum Gasteiger partial charge on any atom is -0.496 e. The second-order valence-corrected chi connectivity index (χ2v) is 9.81. The first kappa shape index (κ1) is 27.2. The number of rotatable bonds is 7. The zero-order chi connectivity index (χ0) is 27.9. The molecule has 5 rings (SSSR count). The Hall–Kier alpha value is -4.34. The van der Waals surface area contributed by atoms with Crippen molar-refractivity contribution in [3.05, 3.63) is 99.9 Å². The summed E-state index contributed by atoms with van der Waals surface area (Å²) in [5.74, 6) is 0.565. The summed E-state index contributed by atoms with van der Waals surface area (Å²) in [6.45, 7) is 3.44. The smallest absolute Gasteiger partial charge is 0.323 e. The fourth-order valence-corrected chi connectivity index (χ4v) is 4.96. The summed E-state index contributed by atoms with van der Waals surface area (Å²) in [6.07, 6.45) is 0.961. The summed E-state index contributed by atoms with van der Waals surface area (Å²) >= 11 is 6.52. The predicted molar refractivity (Wildman–Crippen MR) is 160 cm³/mol. The van der Waals surface area contributed by atoms with Gasteiger partial charge in [0.15, 0.2) is 5.15 Å². The van der Waals surface area contributed by atoms with Crippen molar-refractivity contribution < 1.29 is 9.53 Å². The summed E-state index contributed by atoms with van der Waals surface area (Å²) in [6, 6.07) is 24.0. The van der Waals surface area contributed by atoms with Crippen molar-refractivity contribution in [3.63, 3.8) is 0 Å². The number of nitrogens with one attached hydrogen (secondary N) is 3. The van der Waals surface area contributed by atoms with Crippen LogP contribution in [0, 0.1) is 0 Å². The molecule has 0 bridgehead atoms. The molecule has 2 heterocycles. The third-order valence-electron chi connectivity index (χ3n) is 6.72. The van der Waals surface area contributed by atoms with Crippen LogP contribution in [0.1, 0.15) is 12.0 Å². The van der Waals surface area contributed by atoms with Crippen LogP contribution in [-0.4, -0.2) is 49.1 Å². The number of hydrogen-bond donors (Lipinski definition) is 3. The topological polar surface area (TPSA) is 101 Å². The van der Waals surface area contributed by atoms with Gasteiger partial charge >= 0.3 is 6.03 Å². The Morgan fingerprint density at radius 3 is 2.45 bits per heavy atom. The average molecular weight is 559 g/mol. The van der Waals surface area contributed by atoms with Crippen LogP contribution in [0.15, 0.2) is 83.7 Å². The van der Waals surface area contributed by atoms with Gasteiger partial charge in [0.05, 0.1) is 19.3 Å². The van der Waals surface area contributed by atoms with E-state index in [0.29, 0.717) is 28.4 Å². The van der Waals surface area contributed by atoms with Gasteiger partial charge in [-0.3, -0.25) is 4.79 Å². The van der Waals surface area contributed by atoms with E-state index in [2.05, 4.69) is 25.9 Å². The Balaban J connectivity index is 1.28. The van der Waals surface area contributed by atoms with Crippen molar-refractivity contribution in [2.45, 2.75) is 13.0 Å². The van der Waals surface area contributed by atoms with Gasteiger partial charge in [-0.2, -0.15) is 5.10 Å². The lowest BCUT2D eigenvalue weighted by Gasteiger charge is -2.23. The van der Waals surface area contributed by atoms with Crippen LogP contribution in [0.25, 0.3) is 11.1 Å². The van der Waals surface area contributed by atoms with E-state index in [4.69, 9.17) is 16.3 Å². The number of hydrogen-bond acceptors (Lipinski definition) is 6. The summed E-state index contributed by atoms with van der Waals surface area (Å²) in [5.41, 5.74) is 4.42. The molecule has 40 heavy (non-hydrogen) atoms. The first-order valence-corrected chi connectivity index (χ1v) is 13.5. The van der Waals surface area contributed by atoms with Gasteiger partial charge in [-0.15, -0.1) is 0 Å². The minimum atomic E-state index is -0.391. The van der Waals surface area contributed by atoms with Crippen molar-refractivity contribution in [1.82, 2.24) is 15.1 Å². The largest absolute Gasteiger partial charge is 0.496 e. The SMILES string of the molecule is COc1ccc(NC(=O)Nc2ccc(-c3ccccc3)cc2)cc1Cn1nc(Cl)c(N2CCCNCC2)cc1=O. The Morgan fingerprint density at radius 2 is 1.68 bits per heavy atom. The molecule has 0 atom stereocenters. The van der Waals surface area contributed by atoms with Gasteiger partial charge in [-0.25, -0.2) is 9.48 Å². The van der Waals surface area contributed by atoms with E-state index in [1.54, 1.807) is 25.3 Å². The highest BCUT2D eigenvalue weighted by Crippen LogP contribution is 2.26. The molecule has 0 spiro atoms. The van der Waals surface area contributed by atoms with E-state index in [-0.39, 0.29) is 17.3 Å². The number of methoxy groups -OCH3 is 1. The van der Waals surface area contributed by atoms with Crippen LogP contribution < -0.4 is 31.1 Å². The molecular formula is C30H31ClN6O3. The van der Waals surface area contributed by atoms with Gasteiger partial charge < -0.3 is 25.6 Å². The van der Waals surface area contributed by atoms with Gasteiger partial charge in [0, 0.05) is 42.6 Å². The molecule has 3 aromatic carbocycles. The second kappa shape index (κ2) is 12.7. The highest BCUT2D eigenvalue weighted by molar-refractivity contribution is 6.31. The van der Waals surface area contributed by atoms with Gasteiger partial charge in [0.1, 0.15) is 5.75 Å². The summed E-state index contributed by atoms with van der Waals surface area (Å²) in [7, 11) is 1.55. The van der Waals surface area contributed by atoms with E-state index in [0.717, 1.165) is 43.7 Å². The Kier molecular flexibility index (Phi) is 8.63. The fourth-order valence-electron chi connectivity index (χ4n) is 4.69. The molecule has 0 radical (unpaired) electrons. The lowest BCUT2D eigenvalue weighted by atomic mass is 10.1. The standard InChI is InChI=1S/C30H31ClN6O3/c1-40-27-13-12-25(34-30(39)33-24-10-8-22(9-11-24)21-6-3-2-4-7-21)18-23(27)20-37-28(38)19-26(29(31)35-37)36-16-5-14-32-15-17-36/h2-4,6-13,18-19,32H,5,14-17,20H2,1H3,(H2,33,34,39). The zero-order valence-corrected chi connectivity index (χ0v) is 22.9. The lowest BCUT2D eigenvalue weighted by molar-refractivity contribution is 0.262. The normalized spacial score (nSPS) is 13.4. The summed E-state index contributed by atoms with van der Waals surface area (Å²) < 4.78 is 6.81. The quantitative estimate of drug-likeness (QED) is 0.293. The summed E-state index contributed by atoms with van der Waals surface area (Å²) in [4.78, 5) is 27.8. The van der Waals surface area contributed by atoms with E-state index in [1.165, 1.54) is 10.7 Å². The van der Waals surface area contributed by atoms with Crippen LogP contribution in [-0.2, 0) is 6.54 Å². The molecular weight excluding hydrogens is 528 g/mol. The first-order chi connectivity index (χ1) is 19.5. The molecule has 0 aliphatic carbocycles. The molecule has 0 saturated carbocycles. The third kappa shape index (κ3) is 6.62. The number of amides is 2. The van der Waals surface area contributed by atoms with Gasteiger partial charge in [-0.1, -0.05) is 54.1 Å². The molecule has 0 unspecified atom stereocenters. The molecule has 1 saturated heterocycles. The number of carbonyl (C=O) groups excluding carboxylic acids is 1. The molecule has 10 heteroatoms. The number of benzene rings is 3. The minimum absolute atomic E-state index is 0.127. The average Bonchev–Trinajstić information content (AvgIpc) is 3.25. The molecule has 1 aromatic heterocycles. The second-order valence-electron chi connectivity index (χ2n) is 9.46. The molecule has 2 amide bonds. The highest BCUT2D eigenvalue weighted by atomic mass is 35.5. The van der Waals surface area contributed by atoms with Gasteiger partial charge in [0.25, 0.3) is 5.56 Å². The van der Waals surface area contributed by atoms with Crippen LogP contribution in [0.5, 0.6) is 5.75 Å². The lowest BCUT2D eigenvalue weighted by Crippen LogP contribution is -2.31. The number of halogens is 1. The zero-order valence-electron chi connectivity index (χ0n) is 22.2.